The largest absolute Gasteiger partial charge is 0.508 e. The highest BCUT2D eigenvalue weighted by Gasteiger charge is 2.33. The third kappa shape index (κ3) is 7.97. The summed E-state index contributed by atoms with van der Waals surface area (Å²) in [6.45, 7) is 0.946. The molecule has 12 nitrogen and oxygen atoms in total. The van der Waals surface area contributed by atoms with Crippen LogP contribution >= 0.6 is 0 Å². The quantitative estimate of drug-likeness (QED) is 0.0821. The highest BCUT2D eigenvalue weighted by molar-refractivity contribution is 6.31. The van der Waals surface area contributed by atoms with Gasteiger partial charge < -0.3 is 42.9 Å². The molecule has 5 rings (SSSR count). The van der Waals surface area contributed by atoms with Gasteiger partial charge >= 0.3 is 0 Å². The van der Waals surface area contributed by atoms with Gasteiger partial charge in [0.25, 0.3) is 0 Å². The van der Waals surface area contributed by atoms with Crippen LogP contribution in [0, 0.1) is 0 Å². The average molecular weight is 651 g/mol. The molecule has 4 aromatic rings. The van der Waals surface area contributed by atoms with Crippen LogP contribution in [-0.4, -0.2) is 71.9 Å². The van der Waals surface area contributed by atoms with Crippen LogP contribution < -0.4 is 32.7 Å². The molecule has 0 heterocycles. The summed E-state index contributed by atoms with van der Waals surface area (Å²) in [6.07, 6.45) is 0.599. The van der Waals surface area contributed by atoms with Crippen LogP contribution in [0.15, 0.2) is 84.9 Å². The van der Waals surface area contributed by atoms with E-state index in [1.807, 2.05) is 0 Å². The van der Waals surface area contributed by atoms with E-state index in [0.29, 0.717) is 35.3 Å². The van der Waals surface area contributed by atoms with Crippen LogP contribution in [0.3, 0.4) is 0 Å². The lowest BCUT2D eigenvalue weighted by Crippen LogP contribution is -2.43. The summed E-state index contributed by atoms with van der Waals surface area (Å²) in [5.41, 5.74) is 15.7. The number of hydrogen-bond acceptors (Lipinski definition) is 10. The number of carbonyl (C=O) groups is 4. The zero-order valence-corrected chi connectivity index (χ0v) is 26.2. The molecule has 0 fully saturated rings. The van der Waals surface area contributed by atoms with E-state index < -0.39 is 12.1 Å². The Balaban J connectivity index is 1.21. The number of hydrogen-bond donors (Lipinski definition) is 8. The maximum atomic E-state index is 13.7. The minimum Gasteiger partial charge on any atom is -0.508 e. The fraction of sp³-hybridized carbons (Fsp3) is 0.222. The van der Waals surface area contributed by atoms with Gasteiger partial charge in [-0.2, -0.15) is 0 Å². The van der Waals surface area contributed by atoms with Crippen LogP contribution in [0.25, 0.3) is 0 Å². The molecule has 0 aromatic heterocycles. The molecule has 0 unspecified atom stereocenters. The van der Waals surface area contributed by atoms with E-state index in [9.17, 15) is 29.4 Å². The minimum absolute atomic E-state index is 0.130. The summed E-state index contributed by atoms with van der Waals surface area (Å²) in [6, 6.07) is 21.4. The van der Waals surface area contributed by atoms with Crippen LogP contribution in [-0.2, 0) is 22.4 Å². The number of fused-ring (bicyclic) bond motifs is 2. The average Bonchev–Trinajstić information content (AvgIpc) is 3.09. The normalized spacial score (nSPS) is 13.1. The Bertz CT molecular complexity index is 1680. The van der Waals surface area contributed by atoms with Gasteiger partial charge in [0, 0.05) is 48.7 Å². The Hall–Kier alpha value is -5.72. The Labute approximate surface area is 277 Å². The van der Waals surface area contributed by atoms with Gasteiger partial charge in [0.15, 0.2) is 11.6 Å². The van der Waals surface area contributed by atoms with Gasteiger partial charge in [0.05, 0.1) is 23.2 Å². The first kappa shape index (κ1) is 33.6. The van der Waals surface area contributed by atoms with Crippen LogP contribution in [0.1, 0.15) is 43.0 Å². The number of amides is 2. The number of ketones is 2. The SMILES string of the molecule is N[C@@H](Cc1ccc(O)cc1)C(=O)NCCNc1ccc(NCCNC(=O)[C@@H](N)Cc2ccc(O)cc2)c2c1C(=O)c1ccccc1C2=O. The second-order valence-corrected chi connectivity index (χ2v) is 11.5. The lowest BCUT2D eigenvalue weighted by atomic mass is 9.82. The summed E-state index contributed by atoms with van der Waals surface area (Å²) in [5.74, 6) is -1.05. The molecule has 2 amide bonds. The van der Waals surface area contributed by atoms with Crippen molar-refractivity contribution in [3.63, 3.8) is 0 Å². The molecule has 0 radical (unpaired) electrons. The van der Waals surface area contributed by atoms with Gasteiger partial charge in [0.1, 0.15) is 11.5 Å². The molecule has 0 aliphatic heterocycles. The van der Waals surface area contributed by atoms with Crippen molar-refractivity contribution in [2.45, 2.75) is 24.9 Å². The van der Waals surface area contributed by atoms with E-state index in [4.69, 9.17) is 11.5 Å². The van der Waals surface area contributed by atoms with Gasteiger partial charge in [-0.05, 0) is 60.4 Å². The van der Waals surface area contributed by atoms with Crippen molar-refractivity contribution in [2.75, 3.05) is 36.8 Å². The van der Waals surface area contributed by atoms with Gasteiger partial charge in [-0.3, -0.25) is 19.2 Å². The first-order chi connectivity index (χ1) is 23.1. The second-order valence-electron chi connectivity index (χ2n) is 11.5. The molecule has 0 saturated heterocycles. The first-order valence-corrected chi connectivity index (χ1v) is 15.6. The number of anilines is 2. The molecule has 48 heavy (non-hydrogen) atoms. The molecule has 12 heteroatoms. The van der Waals surface area contributed by atoms with Gasteiger partial charge in [-0.25, -0.2) is 0 Å². The van der Waals surface area contributed by atoms with Crippen molar-refractivity contribution >= 4 is 34.8 Å². The predicted molar refractivity (Wildman–Crippen MR) is 182 cm³/mol. The standard InChI is InChI=1S/C36H38N6O6/c37-27(19-21-5-9-23(43)10-6-21)35(47)41-17-15-39-29-13-14-30(32-31(29)33(45)25-3-1-2-4-26(25)34(32)46)40-16-18-42-36(48)28(38)20-22-7-11-24(44)12-8-22/h1-14,27-28,39-40,43-44H,15-20,37-38H2,(H,41,47)(H,42,48)/t27-,28-/m0/s1. The number of rotatable bonds is 14. The molecule has 248 valence electrons. The van der Waals surface area contributed by atoms with E-state index in [1.165, 1.54) is 24.3 Å². The van der Waals surface area contributed by atoms with E-state index in [1.54, 1.807) is 60.7 Å². The van der Waals surface area contributed by atoms with Gasteiger partial charge in [0.2, 0.25) is 11.8 Å². The van der Waals surface area contributed by atoms with Crippen molar-refractivity contribution < 1.29 is 29.4 Å². The predicted octanol–water partition coefficient (Wildman–Crippen LogP) is 2.07. The Morgan fingerprint density at radius 3 is 1.31 bits per heavy atom. The highest BCUT2D eigenvalue weighted by Crippen LogP contribution is 2.36. The number of phenolic OH excluding ortho intramolecular Hbond substituents is 2. The summed E-state index contributed by atoms with van der Waals surface area (Å²) in [4.78, 5) is 52.6. The number of carbonyl (C=O) groups excluding carboxylic acids is 4. The van der Waals surface area contributed by atoms with Crippen molar-refractivity contribution in [3.8, 4) is 11.5 Å². The third-order valence-corrected chi connectivity index (χ3v) is 8.01. The lowest BCUT2D eigenvalue weighted by molar-refractivity contribution is -0.123. The zero-order valence-electron chi connectivity index (χ0n) is 26.2. The molecule has 1 aliphatic carbocycles. The fourth-order valence-electron chi connectivity index (χ4n) is 5.50. The second kappa shape index (κ2) is 15.2. The minimum atomic E-state index is -0.789. The van der Waals surface area contributed by atoms with E-state index in [0.717, 1.165) is 11.1 Å². The third-order valence-electron chi connectivity index (χ3n) is 8.01. The van der Waals surface area contributed by atoms with Crippen LogP contribution in [0.5, 0.6) is 11.5 Å². The van der Waals surface area contributed by atoms with Crippen molar-refractivity contribution in [2.24, 2.45) is 11.5 Å². The van der Waals surface area contributed by atoms with Crippen molar-refractivity contribution in [3.05, 3.63) is 118 Å². The summed E-state index contributed by atoms with van der Waals surface area (Å²) < 4.78 is 0. The number of phenols is 2. The Morgan fingerprint density at radius 2 is 0.938 bits per heavy atom. The van der Waals surface area contributed by atoms with E-state index in [-0.39, 0.29) is 72.2 Å². The van der Waals surface area contributed by atoms with Crippen molar-refractivity contribution in [1.29, 1.82) is 0 Å². The molecule has 0 saturated carbocycles. The first-order valence-electron chi connectivity index (χ1n) is 15.6. The molecule has 10 N–H and O–H groups in total. The number of benzene rings is 4. The van der Waals surface area contributed by atoms with E-state index in [2.05, 4.69) is 21.3 Å². The fourth-order valence-corrected chi connectivity index (χ4v) is 5.50. The number of nitrogens with one attached hydrogen (secondary N) is 4. The molecule has 2 atom stereocenters. The number of nitrogens with two attached hydrogens (primary N) is 2. The number of aromatic hydroxyl groups is 2. The van der Waals surface area contributed by atoms with Gasteiger partial charge in [-0.1, -0.05) is 48.5 Å². The highest BCUT2D eigenvalue weighted by atomic mass is 16.3. The molecule has 4 aromatic carbocycles. The monoisotopic (exact) mass is 650 g/mol. The van der Waals surface area contributed by atoms with Crippen LogP contribution in [0.2, 0.25) is 0 Å². The van der Waals surface area contributed by atoms with Crippen LogP contribution in [0.4, 0.5) is 11.4 Å². The maximum absolute atomic E-state index is 13.7. The van der Waals surface area contributed by atoms with Crippen molar-refractivity contribution in [1.82, 2.24) is 10.6 Å². The Kier molecular flexibility index (Phi) is 10.7. The molecular formula is C36H38N6O6. The summed E-state index contributed by atoms with van der Waals surface area (Å²) >= 11 is 0. The summed E-state index contributed by atoms with van der Waals surface area (Å²) in [7, 11) is 0. The maximum Gasteiger partial charge on any atom is 0.237 e. The molecule has 0 bridgehead atoms. The zero-order chi connectivity index (χ0) is 34.2. The Morgan fingerprint density at radius 1 is 0.562 bits per heavy atom. The van der Waals surface area contributed by atoms with E-state index >= 15 is 0 Å². The lowest BCUT2D eigenvalue weighted by Gasteiger charge is -2.24. The molecular weight excluding hydrogens is 612 g/mol. The smallest absolute Gasteiger partial charge is 0.237 e. The molecule has 1 aliphatic rings. The molecule has 0 spiro atoms. The van der Waals surface area contributed by atoms with Gasteiger partial charge in [-0.15, -0.1) is 0 Å². The summed E-state index contributed by atoms with van der Waals surface area (Å²) in [5, 5.41) is 30.8. The topological polar surface area (TPSA) is 209 Å².